The Balaban J connectivity index is 2.17. The third-order valence-corrected chi connectivity index (χ3v) is 2.94. The first-order valence-electron chi connectivity index (χ1n) is 5.25. The molecule has 2 aromatic rings. The quantitative estimate of drug-likeness (QED) is 0.826. The molecule has 7 nitrogen and oxygen atoms in total. The lowest BCUT2D eigenvalue weighted by atomic mass is 10.5. The van der Waals surface area contributed by atoms with Gasteiger partial charge in [0.2, 0.25) is 10.4 Å². The molecule has 2 heterocycles. The number of hydrogen-bond acceptors (Lipinski definition) is 7. The molecule has 96 valence electrons. The highest BCUT2D eigenvalue weighted by molar-refractivity contribution is 7.99. The first-order valence-corrected chi connectivity index (χ1v) is 6.44. The van der Waals surface area contributed by atoms with Crippen LogP contribution in [0.25, 0.3) is 0 Å². The molecule has 0 bridgehead atoms. The van der Waals surface area contributed by atoms with Gasteiger partial charge in [0.05, 0.1) is 6.61 Å². The molecule has 0 fully saturated rings. The van der Waals surface area contributed by atoms with E-state index in [0.29, 0.717) is 16.9 Å². The Kier molecular flexibility index (Phi) is 4.32. The zero-order chi connectivity index (χ0) is 13.0. The van der Waals surface area contributed by atoms with Gasteiger partial charge in [-0.15, -0.1) is 10.2 Å². The van der Waals surface area contributed by atoms with Crippen LogP contribution in [0.3, 0.4) is 0 Å². The van der Waals surface area contributed by atoms with Crippen LogP contribution in [0.1, 0.15) is 13.3 Å². The van der Waals surface area contributed by atoms with Gasteiger partial charge in [-0.05, 0) is 29.8 Å². The second-order valence-electron chi connectivity index (χ2n) is 3.34. The Morgan fingerprint density at radius 2 is 2.22 bits per heavy atom. The molecule has 0 atom stereocenters. The number of aryl methyl sites for hydroxylation is 1. The fraction of sp³-hybridized carbons (Fsp3) is 0.444. The normalized spacial score (nSPS) is 10.6. The zero-order valence-corrected chi connectivity index (χ0v) is 11.4. The predicted octanol–water partition coefficient (Wildman–Crippen LogP) is 1.59. The van der Waals surface area contributed by atoms with E-state index in [1.54, 1.807) is 10.9 Å². The summed E-state index contributed by atoms with van der Waals surface area (Å²) in [7, 11) is 1.83. The molecule has 0 saturated carbocycles. The molecule has 0 aliphatic carbocycles. The minimum atomic E-state index is 0.0979. The molecule has 0 unspecified atom stereocenters. The Morgan fingerprint density at radius 1 is 1.39 bits per heavy atom. The van der Waals surface area contributed by atoms with E-state index in [1.807, 2.05) is 14.0 Å². The van der Waals surface area contributed by atoms with Crippen LogP contribution < -0.4 is 4.74 Å². The van der Waals surface area contributed by atoms with Crippen LogP contribution in [-0.2, 0) is 7.05 Å². The van der Waals surface area contributed by atoms with E-state index in [4.69, 9.17) is 16.3 Å². The fourth-order valence-corrected chi connectivity index (χ4v) is 1.97. The van der Waals surface area contributed by atoms with E-state index in [0.717, 1.165) is 6.42 Å². The summed E-state index contributed by atoms with van der Waals surface area (Å²) in [5.41, 5.74) is 0. The first kappa shape index (κ1) is 13.0. The van der Waals surface area contributed by atoms with Gasteiger partial charge in [-0.3, -0.25) is 0 Å². The smallest absolute Gasteiger partial charge is 0.321 e. The summed E-state index contributed by atoms with van der Waals surface area (Å²) >= 11 is 7.06. The van der Waals surface area contributed by atoms with Gasteiger partial charge in [0.1, 0.15) is 6.33 Å². The van der Waals surface area contributed by atoms with Gasteiger partial charge in [-0.1, -0.05) is 6.92 Å². The summed E-state index contributed by atoms with van der Waals surface area (Å²) in [5.74, 6) is 0. The van der Waals surface area contributed by atoms with E-state index >= 15 is 0 Å². The van der Waals surface area contributed by atoms with Crippen LogP contribution in [0, 0.1) is 0 Å². The van der Waals surface area contributed by atoms with Gasteiger partial charge in [0.25, 0.3) is 0 Å². The average molecular weight is 287 g/mol. The Hall–Kier alpha value is -1.41. The number of ether oxygens (including phenoxy) is 1. The average Bonchev–Trinajstić information content (AvgIpc) is 2.72. The molecule has 0 N–H and O–H groups in total. The predicted molar refractivity (Wildman–Crippen MR) is 65.7 cm³/mol. The maximum Gasteiger partial charge on any atom is 0.321 e. The van der Waals surface area contributed by atoms with Crippen LogP contribution in [0.4, 0.5) is 0 Å². The van der Waals surface area contributed by atoms with Crippen molar-refractivity contribution in [2.75, 3.05) is 6.61 Å². The number of nitrogens with zero attached hydrogens (tertiary/aromatic N) is 6. The molecular formula is C9H11ClN6OS. The first-order chi connectivity index (χ1) is 8.69. The maximum absolute atomic E-state index is 5.81. The molecule has 0 aromatic carbocycles. The highest BCUT2D eigenvalue weighted by atomic mass is 35.5. The van der Waals surface area contributed by atoms with E-state index in [2.05, 4.69) is 25.1 Å². The molecule has 0 amide bonds. The summed E-state index contributed by atoms with van der Waals surface area (Å²) in [6.07, 6.45) is 2.47. The maximum atomic E-state index is 5.81. The Bertz CT molecular complexity index is 534. The van der Waals surface area contributed by atoms with Crippen molar-refractivity contribution >= 4 is 23.4 Å². The van der Waals surface area contributed by atoms with Crippen LogP contribution in [0.15, 0.2) is 16.6 Å². The lowest BCUT2D eigenvalue weighted by molar-refractivity contribution is 0.288. The van der Waals surface area contributed by atoms with Gasteiger partial charge >= 0.3 is 6.01 Å². The third-order valence-electron chi connectivity index (χ3n) is 1.85. The summed E-state index contributed by atoms with van der Waals surface area (Å²) in [6, 6.07) is 0.224. The number of aromatic nitrogens is 6. The molecule has 0 radical (unpaired) electrons. The van der Waals surface area contributed by atoms with Crippen molar-refractivity contribution in [2.45, 2.75) is 23.7 Å². The summed E-state index contributed by atoms with van der Waals surface area (Å²) < 4.78 is 7.08. The lowest BCUT2D eigenvalue weighted by Gasteiger charge is -2.04. The zero-order valence-electron chi connectivity index (χ0n) is 9.87. The largest absolute Gasteiger partial charge is 0.463 e. The standard InChI is InChI=1S/C9H11ClN6OS/c1-3-4-17-7-12-6(10)13-8(14-7)18-9-15-11-5-16(9)2/h5H,3-4H2,1-2H3. The van der Waals surface area contributed by atoms with Crippen molar-refractivity contribution in [2.24, 2.45) is 7.05 Å². The number of halogens is 1. The minimum Gasteiger partial charge on any atom is -0.463 e. The Morgan fingerprint density at radius 3 is 2.89 bits per heavy atom. The monoisotopic (exact) mass is 286 g/mol. The van der Waals surface area contributed by atoms with E-state index in [-0.39, 0.29) is 11.3 Å². The summed E-state index contributed by atoms with van der Waals surface area (Å²) in [4.78, 5) is 12.0. The van der Waals surface area contributed by atoms with E-state index in [9.17, 15) is 0 Å². The van der Waals surface area contributed by atoms with Gasteiger partial charge in [0.15, 0.2) is 5.16 Å². The van der Waals surface area contributed by atoms with Crippen molar-refractivity contribution in [3.8, 4) is 6.01 Å². The SMILES string of the molecule is CCCOc1nc(Cl)nc(Sc2nncn2C)n1. The summed E-state index contributed by atoms with van der Waals surface area (Å²) in [5, 5.41) is 8.88. The van der Waals surface area contributed by atoms with Crippen LogP contribution >= 0.6 is 23.4 Å². The number of rotatable bonds is 5. The van der Waals surface area contributed by atoms with Crippen molar-refractivity contribution < 1.29 is 4.74 Å². The highest BCUT2D eigenvalue weighted by Gasteiger charge is 2.10. The molecule has 2 aromatic heterocycles. The highest BCUT2D eigenvalue weighted by Crippen LogP contribution is 2.23. The van der Waals surface area contributed by atoms with Gasteiger partial charge in [-0.2, -0.15) is 15.0 Å². The van der Waals surface area contributed by atoms with Crippen molar-refractivity contribution in [3.63, 3.8) is 0 Å². The fourth-order valence-electron chi connectivity index (χ4n) is 1.06. The third kappa shape index (κ3) is 3.30. The number of hydrogen-bond donors (Lipinski definition) is 0. The van der Waals surface area contributed by atoms with Crippen molar-refractivity contribution in [1.29, 1.82) is 0 Å². The van der Waals surface area contributed by atoms with E-state index in [1.165, 1.54) is 11.8 Å². The molecule has 0 saturated heterocycles. The van der Waals surface area contributed by atoms with Crippen LogP contribution in [-0.4, -0.2) is 36.3 Å². The molecule has 0 aliphatic heterocycles. The molecule has 2 rings (SSSR count). The second-order valence-corrected chi connectivity index (χ2v) is 4.62. The summed E-state index contributed by atoms with van der Waals surface area (Å²) in [6.45, 7) is 2.53. The van der Waals surface area contributed by atoms with Gasteiger partial charge < -0.3 is 9.30 Å². The molecule has 0 aliphatic rings. The molecule has 9 heteroatoms. The van der Waals surface area contributed by atoms with Crippen LogP contribution in [0.5, 0.6) is 6.01 Å². The van der Waals surface area contributed by atoms with Crippen molar-refractivity contribution in [1.82, 2.24) is 29.7 Å². The second kappa shape index (κ2) is 5.96. The molecule has 0 spiro atoms. The van der Waals surface area contributed by atoms with Gasteiger partial charge in [0, 0.05) is 7.05 Å². The molecule has 18 heavy (non-hydrogen) atoms. The van der Waals surface area contributed by atoms with E-state index < -0.39 is 0 Å². The minimum absolute atomic E-state index is 0.0979. The van der Waals surface area contributed by atoms with Crippen LogP contribution in [0.2, 0.25) is 5.28 Å². The lowest BCUT2D eigenvalue weighted by Crippen LogP contribution is -2.02. The van der Waals surface area contributed by atoms with Crippen molar-refractivity contribution in [3.05, 3.63) is 11.6 Å². The van der Waals surface area contributed by atoms with Gasteiger partial charge in [-0.25, -0.2) is 0 Å². The Labute approximate surface area is 113 Å². The molecular weight excluding hydrogens is 276 g/mol. The topological polar surface area (TPSA) is 78.6 Å².